The second-order valence-corrected chi connectivity index (χ2v) is 8.49. The number of hydrogen-bond donors (Lipinski definition) is 0. The summed E-state index contributed by atoms with van der Waals surface area (Å²) in [6, 6.07) is 7.16. The summed E-state index contributed by atoms with van der Waals surface area (Å²) in [5.41, 5.74) is 2.21. The minimum atomic E-state index is -0.902. The van der Waals surface area contributed by atoms with E-state index in [-0.39, 0.29) is 37.8 Å². The summed E-state index contributed by atoms with van der Waals surface area (Å²) in [4.78, 5) is 13.2. The molecule has 2 aromatic carbocycles. The van der Waals surface area contributed by atoms with Crippen molar-refractivity contribution in [2.24, 2.45) is 0 Å². The van der Waals surface area contributed by atoms with Gasteiger partial charge in [-0.2, -0.15) is 0 Å². The van der Waals surface area contributed by atoms with Gasteiger partial charge in [-0.1, -0.05) is 79.8 Å². The molecule has 0 N–H and O–H groups in total. The van der Waals surface area contributed by atoms with Gasteiger partial charge in [0.15, 0.2) is 17.6 Å². The van der Waals surface area contributed by atoms with Gasteiger partial charge in [-0.15, -0.1) is 0 Å². The Kier molecular flexibility index (Phi) is 5.69. The minimum absolute atomic E-state index is 0.0240. The van der Waals surface area contributed by atoms with Crippen LogP contribution < -0.4 is 9.03 Å². The van der Waals surface area contributed by atoms with Crippen molar-refractivity contribution in [1.82, 2.24) is 0 Å². The topological polar surface area (TPSA) is 35.5 Å². The van der Waals surface area contributed by atoms with Crippen LogP contribution in [0.4, 0.5) is 0 Å². The molecule has 0 radical (unpaired) electrons. The molecule has 3 nitrogen and oxygen atoms in total. The van der Waals surface area contributed by atoms with Crippen LogP contribution in [0.25, 0.3) is 6.08 Å². The first kappa shape index (κ1) is 20.3. The van der Waals surface area contributed by atoms with Crippen molar-refractivity contribution in [2.45, 2.75) is 32.3 Å². The van der Waals surface area contributed by atoms with Gasteiger partial charge in [0.2, 0.25) is 5.78 Å². The molecule has 0 aromatic heterocycles. The molecule has 1 aliphatic carbocycles. The molecule has 3 rings (SSSR count). The zero-order valence-corrected chi connectivity index (χ0v) is 17.8. The van der Waals surface area contributed by atoms with E-state index < -0.39 is 6.10 Å². The predicted octanol–water partition coefficient (Wildman–Crippen LogP) is 7.13. The zero-order valence-electron chi connectivity index (χ0n) is 14.8. The molecule has 1 aliphatic rings. The lowest BCUT2D eigenvalue weighted by molar-refractivity contribution is 0.0845. The van der Waals surface area contributed by atoms with E-state index in [1.165, 1.54) is 6.07 Å². The standard InChI is InChI=1S/C20H16Cl4O3/c1-20(2,3)11-6-4-5-10-7-8-13(18(25)15(10)11)26-19-14(27-24)9-12(21)16(22)17(19)23/h4-9,13H,1-3H3. The summed E-state index contributed by atoms with van der Waals surface area (Å²) in [6.45, 7) is 6.16. The fraction of sp³-hybridized carbons (Fsp3) is 0.250. The SMILES string of the molecule is CC(C)(C)c1cccc2c1C(=O)C(Oc1c(OCl)cc(Cl)c(Cl)c1Cl)C=C2. The number of hydrogen-bond acceptors (Lipinski definition) is 3. The molecule has 0 heterocycles. The van der Waals surface area contributed by atoms with E-state index in [2.05, 4.69) is 20.8 Å². The van der Waals surface area contributed by atoms with Gasteiger partial charge in [-0.05, 0) is 22.6 Å². The summed E-state index contributed by atoms with van der Waals surface area (Å²) in [5.74, 6) is -0.0476. The summed E-state index contributed by atoms with van der Waals surface area (Å²) in [6.07, 6.45) is 2.61. The Bertz CT molecular complexity index is 945. The molecule has 2 aromatic rings. The maximum atomic E-state index is 13.2. The molecule has 27 heavy (non-hydrogen) atoms. The van der Waals surface area contributed by atoms with Gasteiger partial charge >= 0.3 is 0 Å². The second-order valence-electron chi connectivity index (χ2n) is 7.17. The van der Waals surface area contributed by atoms with Gasteiger partial charge in [0.1, 0.15) is 16.9 Å². The highest BCUT2D eigenvalue weighted by atomic mass is 35.5. The first-order chi connectivity index (χ1) is 12.6. The lowest BCUT2D eigenvalue weighted by Gasteiger charge is -2.28. The van der Waals surface area contributed by atoms with Gasteiger partial charge in [0.05, 0.1) is 10.0 Å². The van der Waals surface area contributed by atoms with Crippen LogP contribution in [0.5, 0.6) is 11.5 Å². The molecule has 1 unspecified atom stereocenters. The Balaban J connectivity index is 2.05. The second kappa shape index (κ2) is 7.56. The number of fused-ring (bicyclic) bond motifs is 1. The number of halogens is 4. The van der Waals surface area contributed by atoms with Gasteiger partial charge in [0.25, 0.3) is 0 Å². The molecule has 0 saturated heterocycles. The maximum Gasteiger partial charge on any atom is 0.208 e. The molecule has 0 fully saturated rings. The zero-order chi connectivity index (χ0) is 19.9. The molecule has 0 amide bonds. The smallest absolute Gasteiger partial charge is 0.208 e. The first-order valence-corrected chi connectivity index (χ1v) is 9.58. The quantitative estimate of drug-likeness (QED) is 0.471. The predicted molar refractivity (Wildman–Crippen MR) is 111 cm³/mol. The van der Waals surface area contributed by atoms with Gasteiger partial charge in [-0.3, -0.25) is 4.79 Å². The van der Waals surface area contributed by atoms with Gasteiger partial charge in [-0.25, -0.2) is 0 Å². The highest BCUT2D eigenvalue weighted by Crippen LogP contribution is 2.45. The number of carbonyl (C=O) groups excluding carboxylic acids is 1. The van der Waals surface area contributed by atoms with Crippen LogP contribution in [0, 0.1) is 0 Å². The Hall–Kier alpha value is -1.39. The highest BCUT2D eigenvalue weighted by molar-refractivity contribution is 6.48. The maximum absolute atomic E-state index is 13.2. The molecule has 0 saturated carbocycles. The molecule has 142 valence electrons. The van der Waals surface area contributed by atoms with Crippen LogP contribution in [0.2, 0.25) is 15.1 Å². The summed E-state index contributed by atoms with van der Waals surface area (Å²) in [5, 5.41) is 0.278. The van der Waals surface area contributed by atoms with Crippen LogP contribution in [-0.2, 0) is 5.41 Å². The van der Waals surface area contributed by atoms with Crippen LogP contribution in [0.15, 0.2) is 30.3 Å². The average Bonchev–Trinajstić information content (AvgIpc) is 2.62. The van der Waals surface area contributed by atoms with E-state index in [0.717, 1.165) is 11.1 Å². The van der Waals surface area contributed by atoms with Crippen molar-refractivity contribution in [3.63, 3.8) is 0 Å². The van der Waals surface area contributed by atoms with Crippen molar-refractivity contribution in [3.05, 3.63) is 62.1 Å². The molecular weight excluding hydrogens is 430 g/mol. The lowest BCUT2D eigenvalue weighted by atomic mass is 9.78. The number of benzene rings is 2. The highest BCUT2D eigenvalue weighted by Gasteiger charge is 2.32. The van der Waals surface area contributed by atoms with E-state index in [9.17, 15) is 4.79 Å². The number of carbonyl (C=O) groups is 1. The third-order valence-corrected chi connectivity index (χ3v) is 5.68. The third-order valence-electron chi connectivity index (χ3n) is 4.27. The van der Waals surface area contributed by atoms with Crippen molar-refractivity contribution in [3.8, 4) is 11.5 Å². The number of ether oxygens (including phenoxy) is 1. The molecule has 0 aliphatic heterocycles. The lowest BCUT2D eigenvalue weighted by Crippen LogP contribution is -2.31. The van der Waals surface area contributed by atoms with Crippen LogP contribution >= 0.6 is 46.7 Å². The molecule has 0 spiro atoms. The monoisotopic (exact) mass is 444 g/mol. The summed E-state index contributed by atoms with van der Waals surface area (Å²) >= 11 is 23.8. The van der Waals surface area contributed by atoms with Gasteiger partial charge in [0, 0.05) is 11.6 Å². The third kappa shape index (κ3) is 3.79. The number of rotatable bonds is 3. The van der Waals surface area contributed by atoms with E-state index in [4.69, 9.17) is 55.7 Å². The fourth-order valence-electron chi connectivity index (χ4n) is 2.97. The van der Waals surface area contributed by atoms with E-state index in [1.54, 1.807) is 6.08 Å². The molecule has 0 bridgehead atoms. The minimum Gasteiger partial charge on any atom is -0.473 e. The first-order valence-electron chi connectivity index (χ1n) is 8.13. The summed E-state index contributed by atoms with van der Waals surface area (Å²) in [7, 11) is 0. The average molecular weight is 446 g/mol. The van der Waals surface area contributed by atoms with Crippen molar-refractivity contribution in [2.75, 3.05) is 0 Å². The Morgan fingerprint density at radius 3 is 2.41 bits per heavy atom. The fourth-order valence-corrected chi connectivity index (χ4v) is 3.71. The Morgan fingerprint density at radius 2 is 1.78 bits per heavy atom. The van der Waals surface area contributed by atoms with Crippen LogP contribution in [-0.4, -0.2) is 11.9 Å². The normalized spacial score (nSPS) is 16.3. The van der Waals surface area contributed by atoms with Crippen molar-refractivity contribution < 1.29 is 13.8 Å². The van der Waals surface area contributed by atoms with Gasteiger partial charge < -0.3 is 9.03 Å². The van der Waals surface area contributed by atoms with Crippen molar-refractivity contribution in [1.29, 1.82) is 0 Å². The van der Waals surface area contributed by atoms with E-state index >= 15 is 0 Å². The molecule has 7 heteroatoms. The van der Waals surface area contributed by atoms with Crippen LogP contribution in [0.1, 0.15) is 42.3 Å². The molecule has 1 atom stereocenters. The van der Waals surface area contributed by atoms with Crippen molar-refractivity contribution >= 4 is 58.5 Å². The van der Waals surface area contributed by atoms with E-state index in [0.29, 0.717) is 5.56 Å². The largest absolute Gasteiger partial charge is 0.473 e. The molecular formula is C20H16Cl4O3. The Morgan fingerprint density at radius 1 is 1.07 bits per heavy atom. The number of Topliss-reactive ketones (excluding diaryl/α,β-unsaturated/α-hetero) is 1. The summed E-state index contributed by atoms with van der Waals surface area (Å²) < 4.78 is 10.6. The Labute approximate surface area is 177 Å². The number of ketones is 1. The van der Waals surface area contributed by atoms with Crippen LogP contribution in [0.3, 0.4) is 0 Å². The van der Waals surface area contributed by atoms with E-state index in [1.807, 2.05) is 24.3 Å².